The number of rotatable bonds is 6. The minimum atomic E-state index is -0.0422. The van der Waals surface area contributed by atoms with Gasteiger partial charge in [-0.15, -0.1) is 17.9 Å². The highest BCUT2D eigenvalue weighted by Crippen LogP contribution is 2.31. The van der Waals surface area contributed by atoms with Gasteiger partial charge in [0.2, 0.25) is 0 Å². The topological polar surface area (TPSA) is 61.9 Å². The number of amides is 1. The Morgan fingerprint density at radius 2 is 1.97 bits per heavy atom. The number of benzene rings is 2. The van der Waals surface area contributed by atoms with Crippen molar-refractivity contribution in [3.05, 3.63) is 95.0 Å². The van der Waals surface area contributed by atoms with Gasteiger partial charge in [0.05, 0.1) is 27.9 Å². The van der Waals surface area contributed by atoms with Crippen LogP contribution in [-0.4, -0.2) is 27.1 Å². The van der Waals surface area contributed by atoms with Crippen LogP contribution in [0, 0.1) is 18.3 Å². The van der Waals surface area contributed by atoms with Crippen LogP contribution in [0.25, 0.3) is 15.9 Å². The fraction of sp³-hybridized carbons (Fsp3) is 0.125. The molecular weight excluding hydrogens is 392 g/mol. The van der Waals surface area contributed by atoms with Gasteiger partial charge < -0.3 is 4.90 Å². The molecule has 0 aliphatic carbocycles. The Kier molecular flexibility index (Phi) is 5.46. The standard InChI is InChI=1S/C24H20N4OS/c1-3-13-27(16-19-11-9-18(15-25)10-12-19)23(29)22-14-21-17(2)26-28(24(21)30-22)20-7-5-4-6-8-20/h3-12,14H,1,13,16H2,2H3. The highest BCUT2D eigenvalue weighted by molar-refractivity contribution is 7.20. The van der Waals surface area contributed by atoms with E-state index in [4.69, 9.17) is 5.26 Å². The molecule has 0 aliphatic rings. The van der Waals surface area contributed by atoms with Gasteiger partial charge in [-0.2, -0.15) is 10.4 Å². The van der Waals surface area contributed by atoms with Gasteiger partial charge in [0.15, 0.2) is 0 Å². The summed E-state index contributed by atoms with van der Waals surface area (Å²) < 4.78 is 1.89. The fourth-order valence-electron chi connectivity index (χ4n) is 3.33. The molecule has 5 nitrogen and oxygen atoms in total. The number of nitriles is 1. The highest BCUT2D eigenvalue weighted by atomic mass is 32.1. The van der Waals surface area contributed by atoms with Crippen molar-refractivity contribution >= 4 is 27.5 Å². The third-order valence-electron chi connectivity index (χ3n) is 4.85. The molecule has 0 fully saturated rings. The second-order valence-electron chi connectivity index (χ2n) is 6.95. The summed E-state index contributed by atoms with van der Waals surface area (Å²) in [6.07, 6.45) is 1.73. The lowest BCUT2D eigenvalue weighted by atomic mass is 10.1. The molecule has 2 heterocycles. The van der Waals surface area contributed by atoms with E-state index in [-0.39, 0.29) is 5.91 Å². The lowest BCUT2D eigenvalue weighted by Crippen LogP contribution is -2.30. The summed E-state index contributed by atoms with van der Waals surface area (Å²) in [4.78, 5) is 16.7. The Labute approximate surface area is 179 Å². The number of carbonyl (C=O) groups is 1. The number of hydrogen-bond donors (Lipinski definition) is 0. The number of aromatic nitrogens is 2. The van der Waals surface area contributed by atoms with Gasteiger partial charge in [-0.05, 0) is 42.8 Å². The van der Waals surface area contributed by atoms with E-state index in [9.17, 15) is 4.79 Å². The zero-order valence-electron chi connectivity index (χ0n) is 16.6. The van der Waals surface area contributed by atoms with E-state index in [0.29, 0.717) is 23.5 Å². The average Bonchev–Trinajstić information content (AvgIpc) is 3.35. The predicted molar refractivity (Wildman–Crippen MR) is 120 cm³/mol. The van der Waals surface area contributed by atoms with E-state index in [1.807, 2.05) is 60.1 Å². The molecule has 6 heteroatoms. The molecule has 0 spiro atoms. The van der Waals surface area contributed by atoms with Crippen molar-refractivity contribution < 1.29 is 4.79 Å². The van der Waals surface area contributed by atoms with Crippen molar-refractivity contribution in [3.8, 4) is 11.8 Å². The Morgan fingerprint density at radius 1 is 1.23 bits per heavy atom. The van der Waals surface area contributed by atoms with E-state index in [2.05, 4.69) is 17.7 Å². The van der Waals surface area contributed by atoms with Gasteiger partial charge in [-0.25, -0.2) is 4.68 Å². The Balaban J connectivity index is 1.66. The van der Waals surface area contributed by atoms with Gasteiger partial charge in [0, 0.05) is 18.5 Å². The van der Waals surface area contributed by atoms with E-state index in [1.165, 1.54) is 11.3 Å². The molecular formula is C24H20N4OS. The normalized spacial score (nSPS) is 10.7. The maximum Gasteiger partial charge on any atom is 0.264 e. The summed E-state index contributed by atoms with van der Waals surface area (Å²) >= 11 is 1.45. The van der Waals surface area contributed by atoms with Crippen LogP contribution >= 0.6 is 11.3 Å². The summed E-state index contributed by atoms with van der Waals surface area (Å²) in [7, 11) is 0. The SMILES string of the molecule is C=CCN(Cc1ccc(C#N)cc1)C(=O)c1cc2c(C)nn(-c3ccccc3)c2s1. The van der Waals surface area contributed by atoms with Crippen LogP contribution in [0.4, 0.5) is 0 Å². The number of fused-ring (bicyclic) bond motifs is 1. The third kappa shape index (κ3) is 3.76. The van der Waals surface area contributed by atoms with Gasteiger partial charge in [-0.1, -0.05) is 36.4 Å². The second-order valence-corrected chi connectivity index (χ2v) is 7.98. The monoisotopic (exact) mass is 412 g/mol. The van der Waals surface area contributed by atoms with Crippen molar-refractivity contribution in [3.63, 3.8) is 0 Å². The summed E-state index contributed by atoms with van der Waals surface area (Å²) in [5.41, 5.74) is 3.44. The largest absolute Gasteiger partial charge is 0.330 e. The molecule has 0 unspecified atom stereocenters. The molecule has 1 amide bonds. The summed E-state index contributed by atoms with van der Waals surface area (Å²) in [6, 6.07) is 21.3. The number of nitrogens with zero attached hydrogens (tertiary/aromatic N) is 4. The maximum absolute atomic E-state index is 13.3. The molecule has 2 aromatic heterocycles. The smallest absolute Gasteiger partial charge is 0.264 e. The Morgan fingerprint density at radius 3 is 2.63 bits per heavy atom. The molecule has 0 N–H and O–H groups in total. The first kappa shape index (κ1) is 19.6. The van der Waals surface area contributed by atoms with E-state index >= 15 is 0 Å². The van der Waals surface area contributed by atoms with Crippen molar-refractivity contribution in [2.75, 3.05) is 6.54 Å². The van der Waals surface area contributed by atoms with Crippen molar-refractivity contribution in [2.45, 2.75) is 13.5 Å². The number of hydrogen-bond acceptors (Lipinski definition) is 4. The predicted octanol–water partition coefficient (Wildman–Crippen LogP) is 5.10. The number of thiophene rings is 1. The summed E-state index contributed by atoms with van der Waals surface area (Å²) in [5.74, 6) is -0.0422. The molecule has 30 heavy (non-hydrogen) atoms. The first-order valence-corrected chi connectivity index (χ1v) is 10.4. The summed E-state index contributed by atoms with van der Waals surface area (Å²) in [6.45, 7) is 6.65. The molecule has 0 aliphatic heterocycles. The molecule has 0 saturated carbocycles. The minimum Gasteiger partial charge on any atom is -0.330 e. The van der Waals surface area contributed by atoms with Crippen LogP contribution in [0.2, 0.25) is 0 Å². The first-order chi connectivity index (χ1) is 14.6. The molecule has 0 bridgehead atoms. The molecule has 2 aromatic carbocycles. The minimum absolute atomic E-state index is 0.0422. The molecule has 0 radical (unpaired) electrons. The lowest BCUT2D eigenvalue weighted by molar-refractivity contribution is 0.0767. The Bertz CT molecular complexity index is 1250. The van der Waals surface area contributed by atoms with E-state index in [1.54, 1.807) is 23.1 Å². The Hall–Kier alpha value is -3.69. The van der Waals surface area contributed by atoms with Gasteiger partial charge in [0.1, 0.15) is 4.83 Å². The first-order valence-electron chi connectivity index (χ1n) is 9.54. The van der Waals surface area contributed by atoms with Crippen LogP contribution in [0.5, 0.6) is 0 Å². The molecule has 0 saturated heterocycles. The quantitative estimate of drug-likeness (QED) is 0.414. The number of para-hydroxylation sites is 1. The molecule has 148 valence electrons. The molecule has 0 atom stereocenters. The maximum atomic E-state index is 13.3. The lowest BCUT2D eigenvalue weighted by Gasteiger charge is -2.20. The van der Waals surface area contributed by atoms with Gasteiger partial charge in [-0.3, -0.25) is 4.79 Å². The fourth-order valence-corrected chi connectivity index (χ4v) is 4.48. The molecule has 4 aromatic rings. The third-order valence-corrected chi connectivity index (χ3v) is 5.95. The van der Waals surface area contributed by atoms with Crippen molar-refractivity contribution in [2.24, 2.45) is 0 Å². The van der Waals surface area contributed by atoms with Crippen molar-refractivity contribution in [1.29, 1.82) is 5.26 Å². The summed E-state index contributed by atoms with van der Waals surface area (Å²) in [5, 5.41) is 14.6. The zero-order valence-corrected chi connectivity index (χ0v) is 17.4. The van der Waals surface area contributed by atoms with Crippen LogP contribution in [0.15, 0.2) is 73.3 Å². The zero-order chi connectivity index (χ0) is 21.1. The van der Waals surface area contributed by atoms with Gasteiger partial charge >= 0.3 is 0 Å². The van der Waals surface area contributed by atoms with E-state index in [0.717, 1.165) is 27.2 Å². The number of aryl methyl sites for hydroxylation is 1. The van der Waals surface area contributed by atoms with E-state index < -0.39 is 0 Å². The van der Waals surface area contributed by atoms with Crippen molar-refractivity contribution in [1.82, 2.24) is 14.7 Å². The highest BCUT2D eigenvalue weighted by Gasteiger charge is 2.21. The van der Waals surface area contributed by atoms with Crippen LogP contribution in [0.3, 0.4) is 0 Å². The van der Waals surface area contributed by atoms with Crippen LogP contribution < -0.4 is 0 Å². The molecule has 4 rings (SSSR count). The van der Waals surface area contributed by atoms with Crippen LogP contribution in [0.1, 0.15) is 26.5 Å². The second kappa shape index (κ2) is 8.36. The average molecular weight is 413 g/mol. The van der Waals surface area contributed by atoms with Crippen LogP contribution in [-0.2, 0) is 6.54 Å². The van der Waals surface area contributed by atoms with Gasteiger partial charge in [0.25, 0.3) is 5.91 Å². The number of carbonyl (C=O) groups excluding carboxylic acids is 1.